The van der Waals surface area contributed by atoms with Crippen LogP contribution in [0.15, 0.2) is 6.20 Å². The standard InChI is InChI=1S/C9H15NO3S2/c1-7-10-6-9(14-7)8(11)4-3-5-15(2,12)13/h6,8,11H,3-5H2,1-2H3. The largest absolute Gasteiger partial charge is 0.388 e. The molecule has 1 aromatic rings. The van der Waals surface area contributed by atoms with E-state index in [0.717, 1.165) is 9.88 Å². The van der Waals surface area contributed by atoms with Crippen LogP contribution in [-0.2, 0) is 9.84 Å². The zero-order chi connectivity index (χ0) is 11.5. The third kappa shape index (κ3) is 4.72. The van der Waals surface area contributed by atoms with Gasteiger partial charge in [-0.1, -0.05) is 0 Å². The molecule has 6 heteroatoms. The Morgan fingerprint density at radius 2 is 2.27 bits per heavy atom. The third-order valence-corrected chi connectivity index (χ3v) is 4.00. The summed E-state index contributed by atoms with van der Waals surface area (Å²) in [6.45, 7) is 1.87. The minimum Gasteiger partial charge on any atom is -0.388 e. The van der Waals surface area contributed by atoms with Crippen molar-refractivity contribution in [2.45, 2.75) is 25.9 Å². The second-order valence-corrected chi connectivity index (χ2v) is 7.10. The van der Waals surface area contributed by atoms with Crippen LogP contribution in [0.1, 0.15) is 28.8 Å². The quantitative estimate of drug-likeness (QED) is 0.854. The molecule has 1 N–H and O–H groups in total. The second kappa shape index (κ2) is 5.05. The van der Waals surface area contributed by atoms with E-state index in [1.54, 1.807) is 6.20 Å². The van der Waals surface area contributed by atoms with Gasteiger partial charge in [-0.3, -0.25) is 0 Å². The van der Waals surface area contributed by atoms with Crippen molar-refractivity contribution in [3.05, 3.63) is 16.1 Å². The molecule has 0 aromatic carbocycles. The van der Waals surface area contributed by atoms with Gasteiger partial charge in [-0.15, -0.1) is 11.3 Å². The Bertz CT molecular complexity index is 411. The normalized spacial score (nSPS) is 14.1. The fourth-order valence-electron chi connectivity index (χ4n) is 1.21. The van der Waals surface area contributed by atoms with Gasteiger partial charge in [0, 0.05) is 18.2 Å². The number of hydrogen-bond acceptors (Lipinski definition) is 5. The fourth-order valence-corrected chi connectivity index (χ4v) is 2.71. The lowest BCUT2D eigenvalue weighted by Gasteiger charge is -2.06. The Kier molecular flexibility index (Phi) is 4.24. The van der Waals surface area contributed by atoms with Crippen molar-refractivity contribution in [1.29, 1.82) is 0 Å². The Labute approximate surface area is 93.9 Å². The maximum atomic E-state index is 10.9. The maximum absolute atomic E-state index is 10.9. The van der Waals surface area contributed by atoms with E-state index in [9.17, 15) is 13.5 Å². The van der Waals surface area contributed by atoms with E-state index in [2.05, 4.69) is 4.98 Å². The van der Waals surface area contributed by atoms with Gasteiger partial charge in [-0.05, 0) is 19.8 Å². The first kappa shape index (κ1) is 12.6. The highest BCUT2D eigenvalue weighted by atomic mass is 32.2. The van der Waals surface area contributed by atoms with Crippen LogP contribution in [0, 0.1) is 6.92 Å². The maximum Gasteiger partial charge on any atom is 0.147 e. The summed E-state index contributed by atoms with van der Waals surface area (Å²) in [6.07, 6.45) is 3.21. The predicted octanol–water partition coefficient (Wildman–Crippen LogP) is 1.31. The van der Waals surface area contributed by atoms with Gasteiger partial charge in [0.05, 0.1) is 16.0 Å². The summed E-state index contributed by atoms with van der Waals surface area (Å²) in [5, 5.41) is 10.6. The summed E-state index contributed by atoms with van der Waals surface area (Å²) >= 11 is 1.44. The first-order valence-corrected chi connectivity index (χ1v) is 7.54. The molecule has 1 aromatic heterocycles. The highest BCUT2D eigenvalue weighted by Gasteiger charge is 2.11. The Hall–Kier alpha value is -0.460. The molecule has 0 aliphatic rings. The number of aromatic nitrogens is 1. The molecule has 0 aliphatic heterocycles. The molecular weight excluding hydrogens is 234 g/mol. The zero-order valence-corrected chi connectivity index (χ0v) is 10.4. The van der Waals surface area contributed by atoms with E-state index in [1.165, 1.54) is 17.6 Å². The van der Waals surface area contributed by atoms with Crippen LogP contribution in [-0.4, -0.2) is 30.5 Å². The van der Waals surface area contributed by atoms with E-state index >= 15 is 0 Å². The lowest BCUT2D eigenvalue weighted by Crippen LogP contribution is -2.05. The summed E-state index contributed by atoms with van der Waals surface area (Å²) in [4.78, 5) is 4.84. The van der Waals surface area contributed by atoms with Crippen LogP contribution in [0.5, 0.6) is 0 Å². The molecule has 1 atom stereocenters. The number of thiazole rings is 1. The van der Waals surface area contributed by atoms with Crippen molar-refractivity contribution >= 4 is 21.2 Å². The minimum absolute atomic E-state index is 0.127. The Balaban J connectivity index is 2.40. The van der Waals surface area contributed by atoms with Gasteiger partial charge < -0.3 is 5.11 Å². The average Bonchev–Trinajstić information content (AvgIpc) is 2.49. The van der Waals surface area contributed by atoms with E-state index < -0.39 is 15.9 Å². The minimum atomic E-state index is -2.92. The first-order valence-electron chi connectivity index (χ1n) is 4.66. The zero-order valence-electron chi connectivity index (χ0n) is 8.80. The van der Waals surface area contributed by atoms with Gasteiger partial charge in [0.25, 0.3) is 0 Å². The number of nitrogens with zero attached hydrogens (tertiary/aromatic N) is 1. The molecule has 86 valence electrons. The predicted molar refractivity (Wildman–Crippen MR) is 60.8 cm³/mol. The van der Waals surface area contributed by atoms with Crippen molar-refractivity contribution in [1.82, 2.24) is 4.98 Å². The highest BCUT2D eigenvalue weighted by molar-refractivity contribution is 7.90. The van der Waals surface area contributed by atoms with Crippen LogP contribution < -0.4 is 0 Å². The summed E-state index contributed by atoms with van der Waals surface area (Å²) in [6, 6.07) is 0. The van der Waals surface area contributed by atoms with Gasteiger partial charge in [-0.25, -0.2) is 13.4 Å². The van der Waals surface area contributed by atoms with Gasteiger partial charge >= 0.3 is 0 Å². The van der Waals surface area contributed by atoms with Crippen molar-refractivity contribution in [3.8, 4) is 0 Å². The van der Waals surface area contributed by atoms with Gasteiger partial charge in [0.2, 0.25) is 0 Å². The van der Waals surface area contributed by atoms with E-state index in [-0.39, 0.29) is 5.75 Å². The molecule has 0 saturated carbocycles. The molecule has 0 radical (unpaired) electrons. The average molecular weight is 249 g/mol. The fraction of sp³-hybridized carbons (Fsp3) is 0.667. The Morgan fingerprint density at radius 3 is 2.73 bits per heavy atom. The van der Waals surface area contributed by atoms with Crippen molar-refractivity contribution < 1.29 is 13.5 Å². The summed E-state index contributed by atoms with van der Waals surface area (Å²) in [5.74, 6) is 0.127. The van der Waals surface area contributed by atoms with Crippen molar-refractivity contribution in [2.24, 2.45) is 0 Å². The van der Waals surface area contributed by atoms with Crippen LogP contribution in [0.4, 0.5) is 0 Å². The van der Waals surface area contributed by atoms with Gasteiger partial charge in [-0.2, -0.15) is 0 Å². The van der Waals surface area contributed by atoms with Crippen LogP contribution in [0.25, 0.3) is 0 Å². The highest BCUT2D eigenvalue weighted by Crippen LogP contribution is 2.23. The third-order valence-electron chi connectivity index (χ3n) is 1.96. The van der Waals surface area contributed by atoms with E-state index in [0.29, 0.717) is 12.8 Å². The Morgan fingerprint density at radius 1 is 1.60 bits per heavy atom. The number of aryl methyl sites for hydroxylation is 1. The number of sulfone groups is 1. The topological polar surface area (TPSA) is 67.3 Å². The van der Waals surface area contributed by atoms with Crippen LogP contribution >= 0.6 is 11.3 Å². The monoisotopic (exact) mass is 249 g/mol. The smallest absolute Gasteiger partial charge is 0.147 e. The first-order chi connectivity index (χ1) is 6.88. The molecule has 0 spiro atoms. The van der Waals surface area contributed by atoms with E-state index in [4.69, 9.17) is 0 Å². The molecule has 1 rings (SSSR count). The van der Waals surface area contributed by atoms with Crippen molar-refractivity contribution in [2.75, 3.05) is 12.0 Å². The molecule has 0 fully saturated rings. The molecule has 0 amide bonds. The number of aliphatic hydroxyl groups excluding tert-OH is 1. The molecule has 0 saturated heterocycles. The van der Waals surface area contributed by atoms with Gasteiger partial charge in [0.1, 0.15) is 9.84 Å². The van der Waals surface area contributed by atoms with Crippen LogP contribution in [0.2, 0.25) is 0 Å². The second-order valence-electron chi connectivity index (χ2n) is 3.57. The van der Waals surface area contributed by atoms with Gasteiger partial charge in [0.15, 0.2) is 0 Å². The number of aliphatic hydroxyl groups is 1. The molecular formula is C9H15NO3S2. The lowest BCUT2D eigenvalue weighted by molar-refractivity contribution is 0.170. The van der Waals surface area contributed by atoms with E-state index in [1.807, 2.05) is 6.92 Å². The molecule has 15 heavy (non-hydrogen) atoms. The molecule has 0 aliphatic carbocycles. The lowest BCUT2D eigenvalue weighted by atomic mass is 10.2. The number of hydrogen-bond donors (Lipinski definition) is 1. The summed E-state index contributed by atoms with van der Waals surface area (Å²) in [7, 11) is -2.92. The van der Waals surface area contributed by atoms with Crippen LogP contribution in [0.3, 0.4) is 0 Å². The van der Waals surface area contributed by atoms with Crippen molar-refractivity contribution in [3.63, 3.8) is 0 Å². The molecule has 1 unspecified atom stereocenters. The molecule has 4 nitrogen and oxygen atoms in total. The SMILES string of the molecule is Cc1ncc(C(O)CCCS(C)(=O)=O)s1. The summed E-state index contributed by atoms with van der Waals surface area (Å²) in [5.41, 5.74) is 0. The molecule has 1 heterocycles. The number of rotatable bonds is 5. The summed E-state index contributed by atoms with van der Waals surface area (Å²) < 4.78 is 21.7. The molecule has 0 bridgehead atoms.